The molecule has 1 nitrogen and oxygen atoms in total. The molecule has 0 N–H and O–H groups in total. The van der Waals surface area contributed by atoms with Crippen LogP contribution in [0, 0.1) is 13.8 Å². The monoisotopic (exact) mass is 240 g/mol. The van der Waals surface area contributed by atoms with Gasteiger partial charge in [0.25, 0.3) is 0 Å². The van der Waals surface area contributed by atoms with Crippen LogP contribution in [0.1, 0.15) is 11.3 Å². The second-order valence-electron chi connectivity index (χ2n) is 3.43. The number of hydrogen-bond donors (Lipinski definition) is 0. The topological polar surface area (TPSA) is 13.1 Å². The molecule has 78 valence electrons. The third kappa shape index (κ3) is 1.77. The van der Waals surface area contributed by atoms with Crippen LogP contribution < -0.4 is 0 Å². The van der Waals surface area contributed by atoms with Gasteiger partial charge in [-0.2, -0.15) is 0 Å². The lowest BCUT2D eigenvalue weighted by Crippen LogP contribution is -1.82. The number of benzene rings is 1. The van der Waals surface area contributed by atoms with Crippen molar-refractivity contribution in [1.82, 2.24) is 0 Å². The van der Waals surface area contributed by atoms with Crippen LogP contribution in [0.2, 0.25) is 10.0 Å². The molecule has 1 aromatic heterocycles. The fourth-order valence-electron chi connectivity index (χ4n) is 1.52. The molecular weight excluding hydrogens is 231 g/mol. The molecule has 0 aliphatic heterocycles. The molecule has 0 saturated carbocycles. The van der Waals surface area contributed by atoms with Crippen LogP contribution in [-0.4, -0.2) is 0 Å². The SMILES string of the molecule is Cc1occ(-c2c(Cl)cccc2Cl)c1C. The first-order valence-corrected chi connectivity index (χ1v) is 5.36. The zero-order valence-corrected chi connectivity index (χ0v) is 9.99. The summed E-state index contributed by atoms with van der Waals surface area (Å²) in [7, 11) is 0. The van der Waals surface area contributed by atoms with Gasteiger partial charge in [0.2, 0.25) is 0 Å². The van der Waals surface area contributed by atoms with E-state index in [2.05, 4.69) is 0 Å². The van der Waals surface area contributed by atoms with Gasteiger partial charge in [-0.05, 0) is 31.5 Å². The Kier molecular flexibility index (Phi) is 2.76. The third-order valence-electron chi connectivity index (χ3n) is 2.52. The Morgan fingerprint density at radius 2 is 1.67 bits per heavy atom. The summed E-state index contributed by atoms with van der Waals surface area (Å²) in [6, 6.07) is 5.48. The first kappa shape index (κ1) is 10.6. The molecule has 2 aromatic rings. The fraction of sp³-hybridized carbons (Fsp3) is 0.167. The summed E-state index contributed by atoms with van der Waals surface area (Å²) >= 11 is 12.2. The molecule has 0 aliphatic carbocycles. The zero-order chi connectivity index (χ0) is 11.0. The average molecular weight is 241 g/mol. The highest BCUT2D eigenvalue weighted by atomic mass is 35.5. The Balaban J connectivity index is 2.69. The molecule has 0 aliphatic rings. The second-order valence-corrected chi connectivity index (χ2v) is 4.24. The van der Waals surface area contributed by atoms with Gasteiger partial charge in [0.1, 0.15) is 5.76 Å². The quantitative estimate of drug-likeness (QED) is 0.694. The van der Waals surface area contributed by atoms with Crippen molar-refractivity contribution < 1.29 is 4.42 Å². The maximum atomic E-state index is 6.12. The van der Waals surface area contributed by atoms with Gasteiger partial charge in [-0.3, -0.25) is 0 Å². The van der Waals surface area contributed by atoms with Gasteiger partial charge in [0.15, 0.2) is 0 Å². The molecule has 1 aromatic carbocycles. The van der Waals surface area contributed by atoms with Crippen molar-refractivity contribution >= 4 is 23.2 Å². The Hall–Kier alpha value is -0.920. The van der Waals surface area contributed by atoms with E-state index >= 15 is 0 Å². The normalized spacial score (nSPS) is 10.7. The molecule has 1 heterocycles. The van der Waals surface area contributed by atoms with E-state index < -0.39 is 0 Å². The second kappa shape index (κ2) is 3.92. The lowest BCUT2D eigenvalue weighted by atomic mass is 10.0. The van der Waals surface area contributed by atoms with Crippen LogP contribution in [-0.2, 0) is 0 Å². The van der Waals surface area contributed by atoms with E-state index in [1.807, 2.05) is 32.0 Å². The molecular formula is C12H10Cl2O. The van der Waals surface area contributed by atoms with Gasteiger partial charge >= 0.3 is 0 Å². The van der Waals surface area contributed by atoms with E-state index in [1.165, 1.54) is 0 Å². The molecule has 0 unspecified atom stereocenters. The van der Waals surface area contributed by atoms with Gasteiger partial charge < -0.3 is 4.42 Å². The highest BCUT2D eigenvalue weighted by Crippen LogP contribution is 2.37. The van der Waals surface area contributed by atoms with Crippen LogP contribution in [0.15, 0.2) is 28.9 Å². The van der Waals surface area contributed by atoms with Crippen LogP contribution in [0.3, 0.4) is 0 Å². The summed E-state index contributed by atoms with van der Waals surface area (Å²) in [5, 5.41) is 1.29. The number of rotatable bonds is 1. The third-order valence-corrected chi connectivity index (χ3v) is 3.15. The number of hydrogen-bond acceptors (Lipinski definition) is 1. The van der Waals surface area contributed by atoms with E-state index in [1.54, 1.807) is 6.26 Å². The van der Waals surface area contributed by atoms with E-state index in [0.717, 1.165) is 22.5 Å². The lowest BCUT2D eigenvalue weighted by molar-refractivity contribution is 0.532. The summed E-state index contributed by atoms with van der Waals surface area (Å²) in [5.74, 6) is 0.890. The van der Waals surface area contributed by atoms with Crippen molar-refractivity contribution in [1.29, 1.82) is 0 Å². The minimum atomic E-state index is 0.645. The molecule has 2 rings (SSSR count). The van der Waals surface area contributed by atoms with Crippen molar-refractivity contribution in [3.05, 3.63) is 45.8 Å². The molecule has 0 fully saturated rings. The molecule has 0 amide bonds. The lowest BCUT2D eigenvalue weighted by Gasteiger charge is -2.05. The standard InChI is InChI=1S/C12H10Cl2O/c1-7-8(2)15-6-9(7)12-10(13)4-3-5-11(12)14/h3-6H,1-2H3. The van der Waals surface area contributed by atoms with Crippen LogP contribution in [0.4, 0.5) is 0 Å². The maximum absolute atomic E-state index is 6.12. The Labute approximate surface area is 98.6 Å². The molecule has 3 heteroatoms. The van der Waals surface area contributed by atoms with Gasteiger partial charge in [0, 0.05) is 11.1 Å². The highest BCUT2D eigenvalue weighted by Gasteiger charge is 2.14. The van der Waals surface area contributed by atoms with Gasteiger partial charge in [-0.1, -0.05) is 29.3 Å². The van der Waals surface area contributed by atoms with Crippen LogP contribution in [0.25, 0.3) is 11.1 Å². The summed E-state index contributed by atoms with van der Waals surface area (Å²) in [6.45, 7) is 3.91. The smallest absolute Gasteiger partial charge is 0.104 e. The Morgan fingerprint density at radius 1 is 1.07 bits per heavy atom. The highest BCUT2D eigenvalue weighted by molar-refractivity contribution is 6.39. The van der Waals surface area contributed by atoms with Crippen molar-refractivity contribution in [2.45, 2.75) is 13.8 Å². The molecule has 0 saturated heterocycles. The predicted molar refractivity (Wildman–Crippen MR) is 63.6 cm³/mol. The van der Waals surface area contributed by atoms with E-state index in [0.29, 0.717) is 10.0 Å². The molecule has 15 heavy (non-hydrogen) atoms. The summed E-state index contributed by atoms with van der Waals surface area (Å²) in [6.07, 6.45) is 1.69. The predicted octanol–water partition coefficient (Wildman–Crippen LogP) is 4.87. The molecule has 0 atom stereocenters. The molecule has 0 bridgehead atoms. The van der Waals surface area contributed by atoms with Crippen molar-refractivity contribution in [3.8, 4) is 11.1 Å². The van der Waals surface area contributed by atoms with E-state index in [-0.39, 0.29) is 0 Å². The minimum Gasteiger partial charge on any atom is -0.469 e. The largest absolute Gasteiger partial charge is 0.469 e. The number of furan rings is 1. The number of aryl methyl sites for hydroxylation is 1. The fourth-order valence-corrected chi connectivity index (χ4v) is 2.12. The van der Waals surface area contributed by atoms with Crippen molar-refractivity contribution in [2.24, 2.45) is 0 Å². The van der Waals surface area contributed by atoms with Crippen LogP contribution in [0.5, 0.6) is 0 Å². The van der Waals surface area contributed by atoms with Crippen molar-refractivity contribution in [2.75, 3.05) is 0 Å². The maximum Gasteiger partial charge on any atom is 0.104 e. The first-order valence-electron chi connectivity index (χ1n) is 4.60. The van der Waals surface area contributed by atoms with E-state index in [4.69, 9.17) is 27.6 Å². The Morgan fingerprint density at radius 3 is 2.13 bits per heavy atom. The first-order chi connectivity index (χ1) is 7.11. The van der Waals surface area contributed by atoms with Crippen molar-refractivity contribution in [3.63, 3.8) is 0 Å². The summed E-state index contributed by atoms with van der Waals surface area (Å²) in [5.41, 5.74) is 2.88. The number of halogens is 2. The molecule has 0 radical (unpaired) electrons. The summed E-state index contributed by atoms with van der Waals surface area (Å²) < 4.78 is 5.34. The zero-order valence-electron chi connectivity index (χ0n) is 8.47. The van der Waals surface area contributed by atoms with Crippen LogP contribution >= 0.6 is 23.2 Å². The minimum absolute atomic E-state index is 0.645. The summed E-state index contributed by atoms with van der Waals surface area (Å²) in [4.78, 5) is 0. The van der Waals surface area contributed by atoms with Gasteiger partial charge in [-0.25, -0.2) is 0 Å². The Bertz CT molecular complexity index is 480. The molecule has 0 spiro atoms. The van der Waals surface area contributed by atoms with Gasteiger partial charge in [0.05, 0.1) is 16.3 Å². The van der Waals surface area contributed by atoms with E-state index in [9.17, 15) is 0 Å². The van der Waals surface area contributed by atoms with Gasteiger partial charge in [-0.15, -0.1) is 0 Å². The average Bonchev–Trinajstić information content (AvgIpc) is 2.49.